The molecule has 0 atom stereocenters. The highest BCUT2D eigenvalue weighted by molar-refractivity contribution is 6.06. The summed E-state index contributed by atoms with van der Waals surface area (Å²) >= 11 is 0. The first kappa shape index (κ1) is 12.8. The Bertz CT molecular complexity index is 405. The van der Waals surface area contributed by atoms with Gasteiger partial charge >= 0.3 is 0 Å². The summed E-state index contributed by atoms with van der Waals surface area (Å²) in [6.45, 7) is 2.19. The van der Waals surface area contributed by atoms with Gasteiger partial charge in [0.05, 0.1) is 5.71 Å². The van der Waals surface area contributed by atoms with Gasteiger partial charge in [-0.3, -0.25) is 0 Å². The second-order valence-corrected chi connectivity index (χ2v) is 4.74. The van der Waals surface area contributed by atoms with Crippen molar-refractivity contribution in [3.8, 4) is 0 Å². The van der Waals surface area contributed by atoms with E-state index in [0.29, 0.717) is 11.8 Å². The average Bonchev–Trinajstić information content (AvgIpc) is 2.46. The molecule has 3 heteroatoms. The van der Waals surface area contributed by atoms with Crippen LogP contribution in [0.25, 0.3) is 0 Å². The largest absolute Gasteiger partial charge is 0.377 e. The van der Waals surface area contributed by atoms with Gasteiger partial charge in [-0.25, -0.2) is 0 Å². The predicted molar refractivity (Wildman–Crippen MR) is 76.1 cm³/mol. The lowest BCUT2D eigenvalue weighted by Crippen LogP contribution is -2.38. The fourth-order valence-electron chi connectivity index (χ4n) is 2.24. The molecule has 1 fully saturated rings. The van der Waals surface area contributed by atoms with Crippen molar-refractivity contribution in [1.82, 2.24) is 10.2 Å². The summed E-state index contributed by atoms with van der Waals surface area (Å²) in [5.74, 6) is 0. The van der Waals surface area contributed by atoms with Crippen molar-refractivity contribution in [2.45, 2.75) is 18.9 Å². The van der Waals surface area contributed by atoms with Crippen LogP contribution in [-0.2, 0) is 0 Å². The van der Waals surface area contributed by atoms with E-state index >= 15 is 0 Å². The topological polar surface area (TPSA) is 39.1 Å². The van der Waals surface area contributed by atoms with Gasteiger partial charge in [0.2, 0.25) is 0 Å². The van der Waals surface area contributed by atoms with Crippen molar-refractivity contribution >= 4 is 5.71 Å². The predicted octanol–water partition coefficient (Wildman–Crippen LogP) is 2.25. The standard InChI is InChI=1S/C15H21N3/c1-18(14-7-10-17-11-8-14)12-9-15(16)13-5-3-2-4-6-13/h2-6,9,12,14,16-17H,7-8,10-11H2,1H3/b12-9-,16-15?. The van der Waals surface area contributed by atoms with E-state index in [1.807, 2.05) is 42.6 Å². The third kappa shape index (κ3) is 3.44. The smallest absolute Gasteiger partial charge is 0.0626 e. The lowest BCUT2D eigenvalue weighted by molar-refractivity contribution is 0.264. The average molecular weight is 243 g/mol. The molecule has 3 nitrogen and oxygen atoms in total. The summed E-state index contributed by atoms with van der Waals surface area (Å²) in [6, 6.07) is 10.4. The van der Waals surface area contributed by atoms with Crippen LogP contribution in [-0.4, -0.2) is 36.8 Å². The molecule has 2 N–H and O–H groups in total. The zero-order valence-electron chi connectivity index (χ0n) is 10.9. The van der Waals surface area contributed by atoms with Crippen LogP contribution in [0.5, 0.6) is 0 Å². The van der Waals surface area contributed by atoms with Gasteiger partial charge in [-0.05, 0) is 37.6 Å². The van der Waals surface area contributed by atoms with Gasteiger partial charge < -0.3 is 15.6 Å². The Morgan fingerprint density at radius 3 is 2.61 bits per heavy atom. The van der Waals surface area contributed by atoms with Crippen molar-refractivity contribution in [3.63, 3.8) is 0 Å². The van der Waals surface area contributed by atoms with E-state index in [0.717, 1.165) is 18.7 Å². The van der Waals surface area contributed by atoms with Crippen LogP contribution in [0, 0.1) is 5.41 Å². The highest BCUT2D eigenvalue weighted by atomic mass is 15.1. The molecular weight excluding hydrogens is 222 g/mol. The summed E-state index contributed by atoms with van der Waals surface area (Å²) in [4.78, 5) is 2.23. The van der Waals surface area contributed by atoms with Crippen molar-refractivity contribution in [1.29, 1.82) is 5.41 Å². The van der Waals surface area contributed by atoms with Crippen LogP contribution in [0.4, 0.5) is 0 Å². The molecule has 1 aromatic carbocycles. The van der Waals surface area contributed by atoms with E-state index in [2.05, 4.69) is 17.3 Å². The normalized spacial score (nSPS) is 16.9. The zero-order chi connectivity index (χ0) is 12.8. The molecular formula is C15H21N3. The first-order valence-electron chi connectivity index (χ1n) is 6.52. The molecule has 96 valence electrons. The first-order chi connectivity index (χ1) is 8.77. The number of hydrogen-bond donors (Lipinski definition) is 2. The van der Waals surface area contributed by atoms with Crippen LogP contribution in [0.1, 0.15) is 18.4 Å². The molecule has 1 saturated heterocycles. The van der Waals surface area contributed by atoms with E-state index in [-0.39, 0.29) is 0 Å². The zero-order valence-corrected chi connectivity index (χ0v) is 10.9. The second-order valence-electron chi connectivity index (χ2n) is 4.74. The Morgan fingerprint density at radius 2 is 1.94 bits per heavy atom. The molecule has 0 saturated carbocycles. The van der Waals surface area contributed by atoms with Crippen LogP contribution < -0.4 is 5.32 Å². The second kappa shape index (κ2) is 6.36. The molecule has 1 heterocycles. The molecule has 0 unspecified atom stereocenters. The molecule has 1 aromatic rings. The lowest BCUT2D eigenvalue weighted by atomic mass is 10.1. The highest BCUT2D eigenvalue weighted by Crippen LogP contribution is 2.10. The molecule has 0 amide bonds. The van der Waals surface area contributed by atoms with Crippen LogP contribution in [0.2, 0.25) is 0 Å². The molecule has 1 aliphatic heterocycles. The molecule has 1 aliphatic rings. The van der Waals surface area contributed by atoms with Crippen LogP contribution in [0.3, 0.4) is 0 Å². The van der Waals surface area contributed by atoms with E-state index in [4.69, 9.17) is 5.41 Å². The maximum atomic E-state index is 8.01. The maximum absolute atomic E-state index is 8.01. The number of benzene rings is 1. The minimum Gasteiger partial charge on any atom is -0.377 e. The van der Waals surface area contributed by atoms with Crippen LogP contribution in [0.15, 0.2) is 42.6 Å². The quantitative estimate of drug-likeness (QED) is 0.796. The number of piperidine rings is 1. The third-order valence-electron chi connectivity index (χ3n) is 3.45. The van der Waals surface area contributed by atoms with Gasteiger partial charge in [-0.1, -0.05) is 30.3 Å². The van der Waals surface area contributed by atoms with Crippen LogP contribution >= 0.6 is 0 Å². The summed E-state index contributed by atoms with van der Waals surface area (Å²) in [5.41, 5.74) is 1.53. The molecule has 0 bridgehead atoms. The number of rotatable bonds is 4. The Labute approximate surface area is 109 Å². The number of allylic oxidation sites excluding steroid dienone is 1. The van der Waals surface area contributed by atoms with Crippen molar-refractivity contribution in [2.75, 3.05) is 20.1 Å². The first-order valence-corrected chi connectivity index (χ1v) is 6.52. The van der Waals surface area contributed by atoms with Crippen molar-refractivity contribution < 1.29 is 0 Å². The highest BCUT2D eigenvalue weighted by Gasteiger charge is 2.14. The van der Waals surface area contributed by atoms with E-state index in [9.17, 15) is 0 Å². The minimum atomic E-state index is 0.566. The molecule has 0 aliphatic carbocycles. The molecule has 2 rings (SSSR count). The third-order valence-corrected chi connectivity index (χ3v) is 3.45. The number of nitrogens with one attached hydrogen (secondary N) is 2. The Kier molecular flexibility index (Phi) is 4.53. The minimum absolute atomic E-state index is 0.566. The summed E-state index contributed by atoms with van der Waals surface area (Å²) in [5, 5.41) is 11.4. The van der Waals surface area contributed by atoms with Gasteiger partial charge in [0.25, 0.3) is 0 Å². The molecule has 18 heavy (non-hydrogen) atoms. The van der Waals surface area contributed by atoms with Crippen molar-refractivity contribution in [2.24, 2.45) is 0 Å². The number of nitrogens with zero attached hydrogens (tertiary/aromatic N) is 1. The fraction of sp³-hybridized carbons (Fsp3) is 0.400. The van der Waals surface area contributed by atoms with Gasteiger partial charge in [-0.2, -0.15) is 0 Å². The lowest BCUT2D eigenvalue weighted by Gasteiger charge is -2.30. The fourth-order valence-corrected chi connectivity index (χ4v) is 2.24. The maximum Gasteiger partial charge on any atom is 0.0626 e. The van der Waals surface area contributed by atoms with E-state index < -0.39 is 0 Å². The van der Waals surface area contributed by atoms with Gasteiger partial charge in [0.15, 0.2) is 0 Å². The summed E-state index contributed by atoms with van der Waals surface area (Å²) in [7, 11) is 2.10. The molecule has 0 spiro atoms. The van der Waals surface area contributed by atoms with Gasteiger partial charge in [-0.15, -0.1) is 0 Å². The SMILES string of the molecule is CN(/C=C\C(=N)c1ccccc1)C1CCNCC1. The van der Waals surface area contributed by atoms with Gasteiger partial charge in [0, 0.05) is 19.3 Å². The summed E-state index contributed by atoms with van der Waals surface area (Å²) in [6.07, 6.45) is 6.28. The van der Waals surface area contributed by atoms with Gasteiger partial charge in [0.1, 0.15) is 0 Å². The molecule has 0 aromatic heterocycles. The monoisotopic (exact) mass is 243 g/mol. The number of hydrogen-bond acceptors (Lipinski definition) is 3. The Balaban J connectivity index is 1.92. The molecule has 0 radical (unpaired) electrons. The Morgan fingerprint density at radius 1 is 1.28 bits per heavy atom. The van der Waals surface area contributed by atoms with E-state index in [1.165, 1.54) is 12.8 Å². The van der Waals surface area contributed by atoms with Crippen molar-refractivity contribution in [3.05, 3.63) is 48.2 Å². The summed E-state index contributed by atoms with van der Waals surface area (Å²) < 4.78 is 0. The van der Waals surface area contributed by atoms with E-state index in [1.54, 1.807) is 0 Å². The Hall–Kier alpha value is -1.61.